The smallest absolute Gasteiger partial charge is 0.0894 e. The van der Waals surface area contributed by atoms with Gasteiger partial charge in [0.1, 0.15) is 0 Å². The van der Waals surface area contributed by atoms with E-state index in [2.05, 4.69) is 6.92 Å². The Balaban J connectivity index is 3.27. The molecule has 0 heterocycles. The van der Waals surface area contributed by atoms with E-state index in [1.165, 1.54) is 77.0 Å². The monoisotopic (exact) mass is 372 g/mol. The average molecular weight is 373 g/mol. The Morgan fingerprint density at radius 3 is 1.19 bits per heavy atom. The summed E-state index contributed by atoms with van der Waals surface area (Å²) < 4.78 is 12.0. The van der Waals surface area contributed by atoms with Crippen LogP contribution in [-0.4, -0.2) is 17.4 Å². The first-order valence-electron chi connectivity index (χ1n) is 11.9. The van der Waals surface area contributed by atoms with Gasteiger partial charge >= 0.3 is 0 Å². The lowest BCUT2D eigenvalue weighted by atomic mass is 9.91. The number of hydrogen-bond acceptors (Lipinski definition) is 1. The molecular formula is C24H49FO. The number of rotatable bonds is 21. The molecule has 0 aromatic heterocycles. The molecule has 0 radical (unpaired) electrons. The van der Waals surface area contributed by atoms with Gasteiger partial charge in [-0.15, -0.1) is 0 Å². The van der Waals surface area contributed by atoms with Crippen LogP contribution >= 0.6 is 0 Å². The first-order valence-corrected chi connectivity index (χ1v) is 11.9. The molecule has 1 nitrogen and oxygen atoms in total. The molecule has 0 saturated carbocycles. The molecule has 0 aromatic rings. The van der Waals surface area contributed by atoms with Gasteiger partial charge in [0.15, 0.2) is 0 Å². The van der Waals surface area contributed by atoms with Crippen molar-refractivity contribution in [3.8, 4) is 0 Å². The largest absolute Gasteiger partial charge is 0.390 e. The summed E-state index contributed by atoms with van der Waals surface area (Å²) in [7, 11) is 0. The van der Waals surface area contributed by atoms with Crippen LogP contribution < -0.4 is 0 Å². The zero-order valence-electron chi connectivity index (χ0n) is 18.2. The summed E-state index contributed by atoms with van der Waals surface area (Å²) in [5, 5.41) is 10.4. The molecule has 0 spiro atoms. The lowest BCUT2D eigenvalue weighted by Gasteiger charge is -2.23. The van der Waals surface area contributed by atoms with Crippen LogP contribution in [0.4, 0.5) is 4.39 Å². The minimum atomic E-state index is -0.488. The Labute approximate surface area is 164 Å². The first-order chi connectivity index (χ1) is 12.6. The van der Waals surface area contributed by atoms with Gasteiger partial charge in [-0.05, 0) is 26.2 Å². The van der Waals surface area contributed by atoms with Crippen molar-refractivity contribution in [3.63, 3.8) is 0 Å². The fourth-order valence-electron chi connectivity index (χ4n) is 3.78. The molecule has 0 fully saturated rings. The standard InChI is InChI=1S/C24H49FO/c1-3-4-5-6-7-8-9-10-11-12-13-15-18-21-24(2,26)22-19-16-14-17-20-23-25/h26H,3-23H2,1-2H3. The van der Waals surface area contributed by atoms with E-state index in [0.717, 1.165) is 44.9 Å². The fourth-order valence-corrected chi connectivity index (χ4v) is 3.78. The zero-order chi connectivity index (χ0) is 19.3. The summed E-state index contributed by atoms with van der Waals surface area (Å²) in [4.78, 5) is 0. The first kappa shape index (κ1) is 25.9. The topological polar surface area (TPSA) is 20.2 Å². The van der Waals surface area contributed by atoms with Crippen molar-refractivity contribution in [2.24, 2.45) is 0 Å². The van der Waals surface area contributed by atoms with Gasteiger partial charge in [0.25, 0.3) is 0 Å². The van der Waals surface area contributed by atoms with Gasteiger partial charge in [-0.1, -0.05) is 116 Å². The highest BCUT2D eigenvalue weighted by molar-refractivity contribution is 4.72. The normalized spacial score (nSPS) is 13.8. The third-order valence-electron chi connectivity index (χ3n) is 5.67. The van der Waals surface area contributed by atoms with E-state index in [1.807, 2.05) is 6.92 Å². The van der Waals surface area contributed by atoms with E-state index < -0.39 is 5.60 Å². The van der Waals surface area contributed by atoms with Gasteiger partial charge in [-0.25, -0.2) is 0 Å². The van der Waals surface area contributed by atoms with Crippen LogP contribution in [0.2, 0.25) is 0 Å². The third kappa shape index (κ3) is 20.2. The van der Waals surface area contributed by atoms with Crippen LogP contribution in [-0.2, 0) is 0 Å². The predicted octanol–water partition coefficient (Wildman–Crippen LogP) is 8.53. The van der Waals surface area contributed by atoms with Crippen LogP contribution in [0, 0.1) is 0 Å². The zero-order valence-corrected chi connectivity index (χ0v) is 18.2. The molecule has 0 aromatic carbocycles. The van der Waals surface area contributed by atoms with Crippen molar-refractivity contribution in [1.82, 2.24) is 0 Å². The number of halogens is 1. The summed E-state index contributed by atoms with van der Waals surface area (Å²) in [6, 6.07) is 0. The summed E-state index contributed by atoms with van der Waals surface area (Å²) in [6.45, 7) is 4.09. The molecule has 1 unspecified atom stereocenters. The molecule has 0 amide bonds. The van der Waals surface area contributed by atoms with Crippen molar-refractivity contribution in [2.75, 3.05) is 6.67 Å². The van der Waals surface area contributed by atoms with E-state index in [-0.39, 0.29) is 6.67 Å². The molecule has 158 valence electrons. The Morgan fingerprint density at radius 2 is 0.846 bits per heavy atom. The van der Waals surface area contributed by atoms with Gasteiger partial charge in [0, 0.05) is 0 Å². The minimum absolute atomic E-state index is 0.184. The summed E-state index contributed by atoms with van der Waals surface area (Å²) in [6.07, 6.45) is 24.7. The van der Waals surface area contributed by atoms with Crippen molar-refractivity contribution < 1.29 is 9.50 Å². The molecule has 0 aliphatic heterocycles. The fraction of sp³-hybridized carbons (Fsp3) is 1.00. The van der Waals surface area contributed by atoms with Gasteiger partial charge in [0.05, 0.1) is 12.3 Å². The van der Waals surface area contributed by atoms with Crippen LogP contribution in [0.1, 0.15) is 142 Å². The van der Waals surface area contributed by atoms with Crippen molar-refractivity contribution in [2.45, 2.75) is 148 Å². The van der Waals surface area contributed by atoms with Gasteiger partial charge in [-0.2, -0.15) is 0 Å². The van der Waals surface area contributed by atoms with Gasteiger partial charge < -0.3 is 5.11 Å². The van der Waals surface area contributed by atoms with E-state index in [0.29, 0.717) is 6.42 Å². The summed E-state index contributed by atoms with van der Waals surface area (Å²) in [5.41, 5.74) is -0.488. The molecule has 0 bridgehead atoms. The Hall–Kier alpha value is -0.110. The molecule has 0 aliphatic carbocycles. The summed E-state index contributed by atoms with van der Waals surface area (Å²) >= 11 is 0. The maximum absolute atomic E-state index is 12.0. The van der Waals surface area contributed by atoms with E-state index in [9.17, 15) is 9.50 Å². The van der Waals surface area contributed by atoms with Crippen molar-refractivity contribution in [3.05, 3.63) is 0 Å². The Bertz CT molecular complexity index is 265. The molecular weight excluding hydrogens is 323 g/mol. The SMILES string of the molecule is CCCCCCCCCCCCCCCC(C)(O)CCCCCCCF. The second kappa shape index (κ2) is 19.6. The lowest BCUT2D eigenvalue weighted by Crippen LogP contribution is -2.23. The molecule has 2 heteroatoms. The quantitative estimate of drug-likeness (QED) is 0.200. The maximum Gasteiger partial charge on any atom is 0.0894 e. The third-order valence-corrected chi connectivity index (χ3v) is 5.67. The van der Waals surface area contributed by atoms with Crippen molar-refractivity contribution in [1.29, 1.82) is 0 Å². The minimum Gasteiger partial charge on any atom is -0.390 e. The second-order valence-corrected chi connectivity index (χ2v) is 8.70. The Morgan fingerprint density at radius 1 is 0.538 bits per heavy atom. The lowest BCUT2D eigenvalue weighted by molar-refractivity contribution is 0.0366. The number of hydrogen-bond donors (Lipinski definition) is 1. The highest BCUT2D eigenvalue weighted by Gasteiger charge is 2.18. The number of aliphatic hydroxyl groups is 1. The van der Waals surface area contributed by atoms with Crippen molar-refractivity contribution >= 4 is 0 Å². The van der Waals surface area contributed by atoms with Gasteiger partial charge in [0.2, 0.25) is 0 Å². The predicted molar refractivity (Wildman–Crippen MR) is 115 cm³/mol. The van der Waals surface area contributed by atoms with Crippen LogP contribution in [0.5, 0.6) is 0 Å². The van der Waals surface area contributed by atoms with E-state index in [4.69, 9.17) is 0 Å². The summed E-state index contributed by atoms with van der Waals surface area (Å²) in [5.74, 6) is 0. The molecule has 1 atom stereocenters. The molecule has 0 rings (SSSR count). The second-order valence-electron chi connectivity index (χ2n) is 8.70. The Kier molecular flexibility index (Phi) is 19.6. The number of unbranched alkanes of at least 4 members (excludes halogenated alkanes) is 16. The molecule has 0 saturated heterocycles. The molecule has 1 N–H and O–H groups in total. The van der Waals surface area contributed by atoms with Crippen LogP contribution in [0.3, 0.4) is 0 Å². The average Bonchev–Trinajstić information content (AvgIpc) is 2.62. The molecule has 0 aliphatic rings. The highest BCUT2D eigenvalue weighted by atomic mass is 19.1. The van der Waals surface area contributed by atoms with Crippen LogP contribution in [0.15, 0.2) is 0 Å². The maximum atomic E-state index is 12.0. The van der Waals surface area contributed by atoms with Crippen LogP contribution in [0.25, 0.3) is 0 Å². The van der Waals surface area contributed by atoms with E-state index >= 15 is 0 Å². The molecule has 26 heavy (non-hydrogen) atoms. The van der Waals surface area contributed by atoms with Gasteiger partial charge in [-0.3, -0.25) is 4.39 Å². The number of alkyl halides is 1. The van der Waals surface area contributed by atoms with E-state index in [1.54, 1.807) is 0 Å². The highest BCUT2D eigenvalue weighted by Crippen LogP contribution is 2.22.